The first kappa shape index (κ1) is 16.6. The molecule has 1 saturated heterocycles. The van der Waals surface area contributed by atoms with Gasteiger partial charge in [-0.1, -0.05) is 12.1 Å². The van der Waals surface area contributed by atoms with Crippen LogP contribution in [0, 0.1) is 16.0 Å². The van der Waals surface area contributed by atoms with Crippen LogP contribution < -0.4 is 4.90 Å². The van der Waals surface area contributed by atoms with Gasteiger partial charge in [-0.25, -0.2) is 0 Å². The largest absolute Gasteiger partial charge is 0.360 e. The Morgan fingerprint density at radius 1 is 1.50 bits per heavy atom. The molecule has 0 N–H and O–H groups in total. The van der Waals surface area contributed by atoms with E-state index >= 15 is 0 Å². The van der Waals surface area contributed by atoms with Gasteiger partial charge in [0, 0.05) is 26.2 Å². The molecule has 1 amide bonds. The number of nitro benzene ring substituents is 1. The van der Waals surface area contributed by atoms with Crippen molar-refractivity contribution in [3.8, 4) is 0 Å². The van der Waals surface area contributed by atoms with Crippen molar-refractivity contribution in [3.63, 3.8) is 0 Å². The summed E-state index contributed by atoms with van der Waals surface area (Å²) in [5.74, 6) is 1.67. The number of likely N-dealkylation sites (N-methyl/N-ethyl adjacent to an activating group) is 1. The van der Waals surface area contributed by atoms with Crippen molar-refractivity contribution in [3.05, 3.63) is 34.4 Å². The van der Waals surface area contributed by atoms with Gasteiger partial charge >= 0.3 is 0 Å². The Kier molecular flexibility index (Phi) is 5.65. The third kappa shape index (κ3) is 3.91. The molecule has 0 aliphatic carbocycles. The summed E-state index contributed by atoms with van der Waals surface area (Å²) in [6, 6.07) is 6.50. The third-order valence-electron chi connectivity index (χ3n) is 3.90. The molecule has 22 heavy (non-hydrogen) atoms. The van der Waals surface area contributed by atoms with E-state index in [1.54, 1.807) is 41.9 Å². The Balaban J connectivity index is 1.99. The summed E-state index contributed by atoms with van der Waals surface area (Å²) in [4.78, 5) is 26.5. The fourth-order valence-corrected chi connectivity index (χ4v) is 3.50. The molecular weight excluding hydrogens is 302 g/mol. The molecule has 6 nitrogen and oxygen atoms in total. The molecule has 1 aliphatic rings. The highest BCUT2D eigenvalue weighted by Gasteiger charge is 2.27. The van der Waals surface area contributed by atoms with Crippen LogP contribution in [0.25, 0.3) is 0 Å². The number of thioether (sulfide) groups is 1. The molecule has 1 atom stereocenters. The van der Waals surface area contributed by atoms with E-state index in [1.165, 1.54) is 6.07 Å². The number of hydrogen-bond acceptors (Lipinski definition) is 5. The number of rotatable bonds is 6. The monoisotopic (exact) mass is 323 g/mol. The minimum Gasteiger partial charge on any atom is -0.360 e. The smallest absolute Gasteiger partial charge is 0.292 e. The number of nitrogens with zero attached hydrogens (tertiary/aromatic N) is 3. The Morgan fingerprint density at radius 2 is 2.23 bits per heavy atom. The van der Waals surface area contributed by atoms with Gasteiger partial charge in [0.05, 0.1) is 11.5 Å². The predicted octanol–water partition coefficient (Wildman–Crippen LogP) is 2.24. The molecule has 0 aromatic heterocycles. The summed E-state index contributed by atoms with van der Waals surface area (Å²) in [5, 5.41) is 11.1. The first-order valence-corrected chi connectivity index (χ1v) is 8.63. The molecule has 1 aliphatic heterocycles. The maximum absolute atomic E-state index is 12.4. The van der Waals surface area contributed by atoms with E-state index in [-0.39, 0.29) is 18.1 Å². The summed E-state index contributed by atoms with van der Waals surface area (Å²) in [6.07, 6.45) is 3.12. The van der Waals surface area contributed by atoms with E-state index in [9.17, 15) is 14.9 Å². The van der Waals surface area contributed by atoms with Crippen LogP contribution in [0.4, 0.5) is 11.4 Å². The van der Waals surface area contributed by atoms with Gasteiger partial charge in [-0.05, 0) is 30.4 Å². The first-order valence-electron chi connectivity index (χ1n) is 7.24. The average molecular weight is 323 g/mol. The summed E-state index contributed by atoms with van der Waals surface area (Å²) in [6.45, 7) is 1.75. The molecule has 120 valence electrons. The van der Waals surface area contributed by atoms with Crippen LogP contribution in [-0.2, 0) is 4.79 Å². The standard InChI is InChI=1S/C15H21N3O3S/c1-16(13-5-3-4-6-14(13)18(20)21)10-15(19)17-8-7-12(9-17)11-22-2/h3-6,12H,7-11H2,1-2H3. The quantitative estimate of drug-likeness (QED) is 0.593. The molecule has 2 rings (SSSR count). The summed E-state index contributed by atoms with van der Waals surface area (Å²) < 4.78 is 0. The van der Waals surface area contributed by atoms with E-state index in [1.807, 2.05) is 4.90 Å². The lowest BCUT2D eigenvalue weighted by atomic mass is 10.2. The second-order valence-electron chi connectivity index (χ2n) is 5.55. The lowest BCUT2D eigenvalue weighted by Crippen LogP contribution is -2.38. The molecule has 0 spiro atoms. The molecular formula is C15H21N3O3S. The van der Waals surface area contributed by atoms with Gasteiger partial charge in [0.15, 0.2) is 0 Å². The third-order valence-corrected chi connectivity index (χ3v) is 4.71. The molecule has 1 heterocycles. The highest BCUT2D eigenvalue weighted by atomic mass is 32.2. The zero-order valence-corrected chi connectivity index (χ0v) is 13.7. The average Bonchev–Trinajstić information content (AvgIpc) is 2.96. The van der Waals surface area contributed by atoms with Crippen LogP contribution in [0.1, 0.15) is 6.42 Å². The molecule has 0 bridgehead atoms. The van der Waals surface area contributed by atoms with Gasteiger partial charge in [-0.15, -0.1) is 0 Å². The van der Waals surface area contributed by atoms with Gasteiger partial charge < -0.3 is 9.80 Å². The summed E-state index contributed by atoms with van der Waals surface area (Å²) >= 11 is 1.81. The van der Waals surface area contributed by atoms with E-state index < -0.39 is 4.92 Å². The number of carbonyl (C=O) groups excluding carboxylic acids is 1. The number of anilines is 1. The lowest BCUT2D eigenvalue weighted by molar-refractivity contribution is -0.384. The van der Waals surface area contributed by atoms with E-state index in [4.69, 9.17) is 0 Å². The molecule has 0 radical (unpaired) electrons. The van der Waals surface area contributed by atoms with E-state index in [0.29, 0.717) is 11.6 Å². The van der Waals surface area contributed by atoms with Crippen molar-refractivity contribution in [2.75, 3.05) is 43.6 Å². The number of nitro groups is 1. The normalized spacial score (nSPS) is 17.5. The highest BCUT2D eigenvalue weighted by molar-refractivity contribution is 7.98. The van der Waals surface area contributed by atoms with Crippen molar-refractivity contribution in [2.24, 2.45) is 5.92 Å². The van der Waals surface area contributed by atoms with Gasteiger partial charge in [0.25, 0.3) is 5.69 Å². The number of benzene rings is 1. The second-order valence-corrected chi connectivity index (χ2v) is 6.46. The summed E-state index contributed by atoms with van der Waals surface area (Å²) in [7, 11) is 1.72. The topological polar surface area (TPSA) is 66.7 Å². The Bertz CT molecular complexity index is 553. The van der Waals surface area contributed by atoms with Crippen LogP contribution in [0.2, 0.25) is 0 Å². The fourth-order valence-electron chi connectivity index (χ4n) is 2.76. The van der Waals surface area contributed by atoms with Crippen LogP contribution >= 0.6 is 11.8 Å². The molecule has 0 saturated carbocycles. The Hall–Kier alpha value is -1.76. The minimum atomic E-state index is -0.416. The molecule has 7 heteroatoms. The second kappa shape index (κ2) is 7.49. The molecule has 1 aromatic rings. The van der Waals surface area contributed by atoms with Crippen LogP contribution in [0.5, 0.6) is 0 Å². The van der Waals surface area contributed by atoms with Crippen molar-refractivity contribution >= 4 is 29.0 Å². The number of likely N-dealkylation sites (tertiary alicyclic amines) is 1. The zero-order valence-electron chi connectivity index (χ0n) is 12.9. The van der Waals surface area contributed by atoms with Crippen LogP contribution in [-0.4, -0.2) is 54.4 Å². The SMILES string of the molecule is CSCC1CCN(C(=O)CN(C)c2ccccc2[N+](=O)[O-])C1. The maximum atomic E-state index is 12.4. The number of amides is 1. The number of carbonyl (C=O) groups is 1. The van der Waals surface area contributed by atoms with Crippen LogP contribution in [0.3, 0.4) is 0 Å². The first-order chi connectivity index (χ1) is 10.5. The van der Waals surface area contributed by atoms with Crippen LogP contribution in [0.15, 0.2) is 24.3 Å². The lowest BCUT2D eigenvalue weighted by Gasteiger charge is -2.23. The van der Waals surface area contributed by atoms with Gasteiger partial charge in [0.2, 0.25) is 5.91 Å². The fraction of sp³-hybridized carbons (Fsp3) is 0.533. The molecule has 1 unspecified atom stereocenters. The van der Waals surface area contributed by atoms with Gasteiger partial charge in [-0.3, -0.25) is 14.9 Å². The maximum Gasteiger partial charge on any atom is 0.292 e. The van der Waals surface area contributed by atoms with Crippen molar-refractivity contribution in [1.29, 1.82) is 0 Å². The van der Waals surface area contributed by atoms with Crippen molar-refractivity contribution in [1.82, 2.24) is 4.90 Å². The highest BCUT2D eigenvalue weighted by Crippen LogP contribution is 2.27. The Morgan fingerprint density at radius 3 is 2.91 bits per heavy atom. The number of para-hydroxylation sites is 2. The van der Waals surface area contributed by atoms with Gasteiger partial charge in [0.1, 0.15) is 5.69 Å². The predicted molar refractivity (Wildman–Crippen MR) is 89.4 cm³/mol. The molecule has 1 fully saturated rings. The zero-order chi connectivity index (χ0) is 16.1. The van der Waals surface area contributed by atoms with E-state index in [2.05, 4.69) is 6.26 Å². The van der Waals surface area contributed by atoms with E-state index in [0.717, 1.165) is 25.3 Å². The minimum absolute atomic E-state index is 0.0273. The number of hydrogen-bond donors (Lipinski definition) is 0. The Labute approximate surface area is 134 Å². The van der Waals surface area contributed by atoms with Crippen molar-refractivity contribution < 1.29 is 9.72 Å². The van der Waals surface area contributed by atoms with Crippen molar-refractivity contribution in [2.45, 2.75) is 6.42 Å². The van der Waals surface area contributed by atoms with Gasteiger partial charge in [-0.2, -0.15) is 11.8 Å². The molecule has 1 aromatic carbocycles. The summed E-state index contributed by atoms with van der Waals surface area (Å²) in [5.41, 5.74) is 0.500.